The summed E-state index contributed by atoms with van der Waals surface area (Å²) < 4.78 is 0.765. The summed E-state index contributed by atoms with van der Waals surface area (Å²) in [7, 11) is 0. The number of rotatable bonds is 4. The number of anilines is 1. The first kappa shape index (κ1) is 13.1. The van der Waals surface area contributed by atoms with E-state index in [0.717, 1.165) is 4.47 Å². The van der Waals surface area contributed by atoms with E-state index in [0.29, 0.717) is 11.5 Å². The quantitative estimate of drug-likeness (QED) is 0.530. The molecule has 0 fully saturated rings. The van der Waals surface area contributed by atoms with E-state index in [1.165, 1.54) is 18.3 Å². The Labute approximate surface area is 116 Å². The normalized spacial score (nSPS) is 10.6. The molecule has 2 aromatic rings. The Morgan fingerprint density at radius 2 is 2.11 bits per heavy atom. The number of nitro benzene ring substituents is 1. The third-order valence-corrected chi connectivity index (χ3v) is 2.49. The Morgan fingerprint density at radius 3 is 2.79 bits per heavy atom. The molecule has 2 rings (SSSR count). The lowest BCUT2D eigenvalue weighted by Gasteiger charge is -1.97. The first-order chi connectivity index (χ1) is 9.15. The number of aromatic nitrogens is 2. The molecule has 8 heteroatoms. The van der Waals surface area contributed by atoms with Crippen LogP contribution in [0.1, 0.15) is 5.56 Å². The van der Waals surface area contributed by atoms with E-state index >= 15 is 0 Å². The van der Waals surface area contributed by atoms with Gasteiger partial charge < -0.3 is 0 Å². The number of benzene rings is 1. The van der Waals surface area contributed by atoms with Crippen molar-refractivity contribution in [3.63, 3.8) is 0 Å². The molecule has 7 nitrogen and oxygen atoms in total. The van der Waals surface area contributed by atoms with Gasteiger partial charge in [-0.1, -0.05) is 12.1 Å². The van der Waals surface area contributed by atoms with Crippen LogP contribution in [0.5, 0.6) is 0 Å². The van der Waals surface area contributed by atoms with Crippen molar-refractivity contribution in [1.29, 1.82) is 0 Å². The summed E-state index contributed by atoms with van der Waals surface area (Å²) in [6, 6.07) is 6.15. The maximum Gasteiger partial charge on any atom is 0.270 e. The van der Waals surface area contributed by atoms with Gasteiger partial charge in [-0.05, 0) is 15.9 Å². The molecule has 1 aromatic carbocycles. The number of non-ortho nitro benzene ring substituents is 1. The largest absolute Gasteiger partial charge is 0.270 e. The Bertz CT molecular complexity index is 615. The van der Waals surface area contributed by atoms with E-state index < -0.39 is 4.92 Å². The SMILES string of the molecule is O=[N+]([O-])c1cccc(C=NNc2ncc(Br)cn2)c1. The van der Waals surface area contributed by atoms with Gasteiger partial charge in [-0.25, -0.2) is 15.4 Å². The first-order valence-corrected chi connectivity index (χ1v) is 5.95. The zero-order valence-corrected chi connectivity index (χ0v) is 11.1. The van der Waals surface area contributed by atoms with E-state index in [1.54, 1.807) is 24.5 Å². The van der Waals surface area contributed by atoms with Crippen LogP contribution in [0.15, 0.2) is 46.2 Å². The molecule has 96 valence electrons. The molecule has 19 heavy (non-hydrogen) atoms. The standard InChI is InChI=1S/C11H8BrN5O2/c12-9-6-13-11(14-7-9)16-15-5-8-2-1-3-10(4-8)17(18)19/h1-7H,(H,13,14,16). The van der Waals surface area contributed by atoms with Gasteiger partial charge in [0, 0.05) is 30.1 Å². The molecule has 0 amide bonds. The van der Waals surface area contributed by atoms with Crippen molar-refractivity contribution >= 4 is 33.8 Å². The second-order valence-corrected chi connectivity index (χ2v) is 4.36. The third kappa shape index (κ3) is 3.81. The lowest BCUT2D eigenvalue weighted by atomic mass is 10.2. The maximum absolute atomic E-state index is 10.6. The van der Waals surface area contributed by atoms with Gasteiger partial charge in [0.25, 0.3) is 5.69 Å². The van der Waals surface area contributed by atoms with Crippen LogP contribution in [0.25, 0.3) is 0 Å². The van der Waals surface area contributed by atoms with Gasteiger partial charge in [0.2, 0.25) is 5.95 Å². The summed E-state index contributed by atoms with van der Waals surface area (Å²) in [6.07, 6.45) is 4.62. The van der Waals surface area contributed by atoms with Gasteiger partial charge in [-0.2, -0.15) is 5.10 Å². The number of nitrogens with zero attached hydrogens (tertiary/aromatic N) is 4. The second-order valence-electron chi connectivity index (χ2n) is 3.45. The van der Waals surface area contributed by atoms with Gasteiger partial charge in [-0.15, -0.1) is 0 Å². The highest BCUT2D eigenvalue weighted by molar-refractivity contribution is 9.10. The van der Waals surface area contributed by atoms with Crippen molar-refractivity contribution < 1.29 is 4.92 Å². The van der Waals surface area contributed by atoms with Crippen molar-refractivity contribution in [2.45, 2.75) is 0 Å². The van der Waals surface area contributed by atoms with Gasteiger partial charge in [0.1, 0.15) is 0 Å². The minimum Gasteiger partial charge on any atom is -0.258 e. The molecule has 0 aliphatic heterocycles. The van der Waals surface area contributed by atoms with Crippen LogP contribution in [0.4, 0.5) is 11.6 Å². The average Bonchev–Trinajstić information content (AvgIpc) is 2.41. The molecule has 0 saturated carbocycles. The molecule has 0 bridgehead atoms. The summed E-state index contributed by atoms with van der Waals surface area (Å²) in [5.74, 6) is 0.338. The Morgan fingerprint density at radius 1 is 1.37 bits per heavy atom. The minimum absolute atomic E-state index is 0.0174. The van der Waals surface area contributed by atoms with Crippen LogP contribution < -0.4 is 5.43 Å². The molecule has 1 aromatic heterocycles. The Kier molecular flexibility index (Phi) is 4.14. The second kappa shape index (κ2) is 6.01. The summed E-state index contributed by atoms with van der Waals surface area (Å²) in [6.45, 7) is 0. The van der Waals surface area contributed by atoms with Gasteiger partial charge in [0.15, 0.2) is 0 Å². The van der Waals surface area contributed by atoms with Crippen LogP contribution in [0.3, 0.4) is 0 Å². The number of halogens is 1. The molecule has 0 unspecified atom stereocenters. The zero-order chi connectivity index (χ0) is 13.7. The molecule has 0 aliphatic carbocycles. The monoisotopic (exact) mass is 321 g/mol. The van der Waals surface area contributed by atoms with E-state index in [1.807, 2.05) is 0 Å². The lowest BCUT2D eigenvalue weighted by Crippen LogP contribution is -1.96. The fourth-order valence-corrected chi connectivity index (χ4v) is 1.46. The van der Waals surface area contributed by atoms with Crippen molar-refractivity contribution in [2.75, 3.05) is 5.43 Å². The van der Waals surface area contributed by atoms with Crippen LogP contribution >= 0.6 is 15.9 Å². The Balaban J connectivity index is 2.04. The first-order valence-electron chi connectivity index (χ1n) is 5.16. The summed E-state index contributed by atoms with van der Waals surface area (Å²) in [5.41, 5.74) is 3.25. The zero-order valence-electron chi connectivity index (χ0n) is 9.52. The van der Waals surface area contributed by atoms with Gasteiger partial charge >= 0.3 is 0 Å². The molecule has 0 saturated heterocycles. The van der Waals surface area contributed by atoms with E-state index in [9.17, 15) is 10.1 Å². The fraction of sp³-hybridized carbons (Fsp3) is 0. The van der Waals surface area contributed by atoms with Crippen molar-refractivity contribution in [3.8, 4) is 0 Å². The van der Waals surface area contributed by atoms with E-state index in [2.05, 4.69) is 36.4 Å². The van der Waals surface area contributed by atoms with Crippen LogP contribution in [-0.4, -0.2) is 21.1 Å². The van der Waals surface area contributed by atoms with Crippen molar-refractivity contribution in [1.82, 2.24) is 9.97 Å². The molecule has 0 spiro atoms. The maximum atomic E-state index is 10.6. The fourth-order valence-electron chi connectivity index (χ4n) is 1.25. The lowest BCUT2D eigenvalue weighted by molar-refractivity contribution is -0.384. The predicted octanol–water partition coefficient (Wildman–Crippen LogP) is 2.59. The predicted molar refractivity (Wildman–Crippen MR) is 74.0 cm³/mol. The minimum atomic E-state index is -0.456. The van der Waals surface area contributed by atoms with E-state index in [4.69, 9.17) is 0 Å². The van der Waals surface area contributed by atoms with Crippen molar-refractivity contribution in [2.24, 2.45) is 5.10 Å². The molecule has 1 heterocycles. The molecule has 0 aliphatic rings. The average molecular weight is 322 g/mol. The summed E-state index contributed by atoms with van der Waals surface area (Å²) in [4.78, 5) is 18.1. The third-order valence-electron chi connectivity index (χ3n) is 2.08. The molecule has 1 N–H and O–H groups in total. The highest BCUT2D eigenvalue weighted by Gasteiger charge is 2.03. The molecular weight excluding hydrogens is 314 g/mol. The summed E-state index contributed by atoms with van der Waals surface area (Å²) >= 11 is 3.22. The number of hydrogen-bond donors (Lipinski definition) is 1. The number of hydrogen-bond acceptors (Lipinski definition) is 6. The van der Waals surface area contributed by atoms with Gasteiger partial charge in [-0.3, -0.25) is 10.1 Å². The van der Waals surface area contributed by atoms with Crippen LogP contribution in [-0.2, 0) is 0 Å². The number of nitro groups is 1. The van der Waals surface area contributed by atoms with Crippen molar-refractivity contribution in [3.05, 3.63) is 56.8 Å². The van der Waals surface area contributed by atoms with Crippen LogP contribution in [0, 0.1) is 10.1 Å². The highest BCUT2D eigenvalue weighted by atomic mass is 79.9. The molecule has 0 atom stereocenters. The topological polar surface area (TPSA) is 93.3 Å². The molecule has 0 radical (unpaired) electrons. The summed E-state index contributed by atoms with van der Waals surface area (Å²) in [5, 5.41) is 14.5. The molecular formula is C11H8BrN5O2. The van der Waals surface area contributed by atoms with E-state index in [-0.39, 0.29) is 5.69 Å². The smallest absolute Gasteiger partial charge is 0.258 e. The Hall–Kier alpha value is -2.35. The number of hydrazone groups is 1. The van der Waals surface area contributed by atoms with Gasteiger partial charge in [0.05, 0.1) is 15.6 Å². The highest BCUT2D eigenvalue weighted by Crippen LogP contribution is 2.11. The van der Waals surface area contributed by atoms with Crippen LogP contribution in [0.2, 0.25) is 0 Å². The number of nitrogens with one attached hydrogen (secondary N) is 1.